The van der Waals surface area contributed by atoms with Crippen LogP contribution in [0.2, 0.25) is 0 Å². The summed E-state index contributed by atoms with van der Waals surface area (Å²) >= 11 is 0. The molecule has 0 saturated heterocycles. The Morgan fingerprint density at radius 1 is 1.47 bits per heavy atom. The van der Waals surface area contributed by atoms with Gasteiger partial charge < -0.3 is 10.0 Å². The summed E-state index contributed by atoms with van der Waals surface area (Å²) in [5.41, 5.74) is 1.58. The molecule has 0 aliphatic heterocycles. The molecule has 1 aromatic rings. The number of para-hydroxylation sites is 1. The van der Waals surface area contributed by atoms with Crippen molar-refractivity contribution in [2.24, 2.45) is 0 Å². The van der Waals surface area contributed by atoms with Crippen molar-refractivity contribution in [2.75, 3.05) is 24.6 Å². The third kappa shape index (κ3) is 3.43. The summed E-state index contributed by atoms with van der Waals surface area (Å²) in [5.74, 6) is 0.118. The van der Waals surface area contributed by atoms with Gasteiger partial charge in [0, 0.05) is 30.8 Å². The molecule has 0 saturated carbocycles. The minimum Gasteiger partial charge on any atom is -0.395 e. The van der Waals surface area contributed by atoms with E-state index < -0.39 is 0 Å². The van der Waals surface area contributed by atoms with Crippen LogP contribution in [0.4, 0.5) is 5.69 Å². The number of benzene rings is 1. The van der Waals surface area contributed by atoms with Crippen LogP contribution >= 0.6 is 0 Å². The number of anilines is 1. The first kappa shape index (κ1) is 13.5. The third-order valence-corrected chi connectivity index (χ3v) is 2.59. The van der Waals surface area contributed by atoms with Gasteiger partial charge >= 0.3 is 0 Å². The Labute approximate surface area is 102 Å². The quantitative estimate of drug-likeness (QED) is 0.580. The van der Waals surface area contributed by atoms with Gasteiger partial charge in [-0.2, -0.15) is 0 Å². The SMILES string of the molecule is C=CCN(CCO)c1ccccc1C(=O)CC. The highest BCUT2D eigenvalue weighted by Gasteiger charge is 2.13. The number of hydrogen-bond donors (Lipinski definition) is 1. The van der Waals surface area contributed by atoms with Crippen LogP contribution in [0.25, 0.3) is 0 Å². The molecule has 1 N–H and O–H groups in total. The highest BCUT2D eigenvalue weighted by molar-refractivity contribution is 6.01. The van der Waals surface area contributed by atoms with Gasteiger partial charge in [0.1, 0.15) is 0 Å². The molecule has 92 valence electrons. The Morgan fingerprint density at radius 2 is 2.18 bits per heavy atom. The monoisotopic (exact) mass is 233 g/mol. The predicted molar refractivity (Wildman–Crippen MR) is 70.6 cm³/mol. The molecule has 0 bridgehead atoms. The van der Waals surface area contributed by atoms with Gasteiger partial charge in [-0.05, 0) is 12.1 Å². The van der Waals surface area contributed by atoms with Gasteiger partial charge in [-0.1, -0.05) is 25.1 Å². The van der Waals surface area contributed by atoms with Gasteiger partial charge in [0.15, 0.2) is 5.78 Å². The summed E-state index contributed by atoms with van der Waals surface area (Å²) in [6.07, 6.45) is 2.25. The summed E-state index contributed by atoms with van der Waals surface area (Å²) in [7, 11) is 0. The third-order valence-electron chi connectivity index (χ3n) is 2.59. The van der Waals surface area contributed by atoms with E-state index in [1.807, 2.05) is 36.1 Å². The van der Waals surface area contributed by atoms with Crippen LogP contribution in [0.5, 0.6) is 0 Å². The largest absolute Gasteiger partial charge is 0.395 e. The molecule has 0 amide bonds. The molecule has 0 aromatic heterocycles. The number of ketones is 1. The topological polar surface area (TPSA) is 40.5 Å². The van der Waals surface area contributed by atoms with Gasteiger partial charge in [-0.3, -0.25) is 4.79 Å². The number of aliphatic hydroxyl groups excluding tert-OH is 1. The Morgan fingerprint density at radius 3 is 2.76 bits per heavy atom. The summed E-state index contributed by atoms with van der Waals surface area (Å²) < 4.78 is 0. The second-order valence-corrected chi connectivity index (χ2v) is 3.75. The standard InChI is InChI=1S/C14H19NO2/c1-3-9-15(10-11-16)13-8-6-5-7-12(13)14(17)4-2/h3,5-8,16H,1,4,9-11H2,2H3. The molecule has 0 heterocycles. The van der Waals surface area contributed by atoms with Crippen LogP contribution < -0.4 is 4.90 Å². The molecule has 0 unspecified atom stereocenters. The molecule has 0 aliphatic rings. The van der Waals surface area contributed by atoms with Gasteiger partial charge in [-0.25, -0.2) is 0 Å². The van der Waals surface area contributed by atoms with E-state index in [0.717, 1.165) is 5.69 Å². The molecule has 0 spiro atoms. The molecule has 0 aliphatic carbocycles. The van der Waals surface area contributed by atoms with E-state index in [-0.39, 0.29) is 12.4 Å². The van der Waals surface area contributed by atoms with E-state index in [4.69, 9.17) is 5.11 Å². The summed E-state index contributed by atoms with van der Waals surface area (Å²) in [6.45, 7) is 6.72. The lowest BCUT2D eigenvalue weighted by molar-refractivity contribution is 0.0988. The Kier molecular flexibility index (Phi) is 5.43. The van der Waals surface area contributed by atoms with Crippen molar-refractivity contribution in [2.45, 2.75) is 13.3 Å². The highest BCUT2D eigenvalue weighted by atomic mass is 16.3. The van der Waals surface area contributed by atoms with E-state index in [9.17, 15) is 4.79 Å². The average Bonchev–Trinajstić information content (AvgIpc) is 2.37. The van der Waals surface area contributed by atoms with E-state index in [2.05, 4.69) is 6.58 Å². The smallest absolute Gasteiger partial charge is 0.164 e. The van der Waals surface area contributed by atoms with Crippen molar-refractivity contribution in [3.05, 3.63) is 42.5 Å². The molecular weight excluding hydrogens is 214 g/mol. The molecule has 3 nitrogen and oxygen atoms in total. The van der Waals surface area contributed by atoms with Crippen LogP contribution in [-0.4, -0.2) is 30.6 Å². The normalized spacial score (nSPS) is 10.0. The van der Waals surface area contributed by atoms with Gasteiger partial charge in [0.25, 0.3) is 0 Å². The molecule has 3 heteroatoms. The number of hydrogen-bond acceptors (Lipinski definition) is 3. The first-order chi connectivity index (χ1) is 8.24. The van der Waals surface area contributed by atoms with Crippen LogP contribution in [0, 0.1) is 0 Å². The zero-order valence-corrected chi connectivity index (χ0v) is 10.2. The van der Waals surface area contributed by atoms with Gasteiger partial charge in [0.2, 0.25) is 0 Å². The summed E-state index contributed by atoms with van der Waals surface area (Å²) in [5, 5.41) is 9.05. The minimum absolute atomic E-state index is 0.0580. The predicted octanol–water partition coefficient (Wildman–Crippen LogP) is 2.26. The second-order valence-electron chi connectivity index (χ2n) is 3.75. The Hall–Kier alpha value is -1.61. The maximum Gasteiger partial charge on any atom is 0.164 e. The maximum absolute atomic E-state index is 11.8. The fourth-order valence-corrected chi connectivity index (χ4v) is 1.76. The van der Waals surface area contributed by atoms with Crippen LogP contribution in [0.3, 0.4) is 0 Å². The second kappa shape index (κ2) is 6.86. The molecule has 17 heavy (non-hydrogen) atoms. The zero-order valence-electron chi connectivity index (χ0n) is 10.2. The highest BCUT2D eigenvalue weighted by Crippen LogP contribution is 2.21. The number of carbonyl (C=O) groups is 1. The fraction of sp³-hybridized carbons (Fsp3) is 0.357. The first-order valence-corrected chi connectivity index (χ1v) is 5.83. The number of carbonyl (C=O) groups excluding carboxylic acids is 1. The Bertz CT molecular complexity index is 388. The van der Waals surface area contributed by atoms with Crippen LogP contribution in [-0.2, 0) is 0 Å². The van der Waals surface area contributed by atoms with E-state index >= 15 is 0 Å². The molecule has 0 atom stereocenters. The average molecular weight is 233 g/mol. The molecular formula is C14H19NO2. The molecule has 1 aromatic carbocycles. The number of nitrogens with zero attached hydrogens (tertiary/aromatic N) is 1. The van der Waals surface area contributed by atoms with E-state index in [1.54, 1.807) is 6.08 Å². The van der Waals surface area contributed by atoms with Crippen molar-refractivity contribution in [3.63, 3.8) is 0 Å². The summed E-state index contributed by atoms with van der Waals surface area (Å²) in [4.78, 5) is 13.8. The van der Waals surface area contributed by atoms with Crippen molar-refractivity contribution in [1.29, 1.82) is 0 Å². The summed E-state index contributed by atoms with van der Waals surface area (Å²) in [6, 6.07) is 7.49. The van der Waals surface area contributed by atoms with Crippen LogP contribution in [0.15, 0.2) is 36.9 Å². The van der Waals surface area contributed by atoms with Gasteiger partial charge in [-0.15, -0.1) is 6.58 Å². The lowest BCUT2D eigenvalue weighted by Crippen LogP contribution is -2.28. The van der Waals surface area contributed by atoms with E-state index in [1.165, 1.54) is 0 Å². The Balaban J connectivity index is 3.08. The zero-order chi connectivity index (χ0) is 12.7. The molecule has 0 radical (unpaired) electrons. The minimum atomic E-state index is 0.0580. The fourth-order valence-electron chi connectivity index (χ4n) is 1.76. The van der Waals surface area contributed by atoms with Crippen LogP contribution in [0.1, 0.15) is 23.7 Å². The lowest BCUT2D eigenvalue weighted by Gasteiger charge is -2.24. The van der Waals surface area contributed by atoms with Crippen molar-refractivity contribution < 1.29 is 9.90 Å². The number of Topliss-reactive ketones (excluding diaryl/α,β-unsaturated/α-hetero) is 1. The van der Waals surface area contributed by atoms with E-state index in [0.29, 0.717) is 25.1 Å². The number of rotatable bonds is 7. The van der Waals surface area contributed by atoms with Crippen molar-refractivity contribution in [1.82, 2.24) is 0 Å². The van der Waals surface area contributed by atoms with Gasteiger partial charge in [0.05, 0.1) is 6.61 Å². The van der Waals surface area contributed by atoms with Crippen molar-refractivity contribution in [3.8, 4) is 0 Å². The lowest BCUT2D eigenvalue weighted by atomic mass is 10.1. The first-order valence-electron chi connectivity index (χ1n) is 5.83. The molecule has 1 rings (SSSR count). The molecule has 0 fully saturated rings. The number of aliphatic hydroxyl groups is 1. The van der Waals surface area contributed by atoms with Crippen molar-refractivity contribution >= 4 is 11.5 Å². The maximum atomic E-state index is 11.8.